The van der Waals surface area contributed by atoms with Crippen LogP contribution in [0.3, 0.4) is 0 Å². The lowest BCUT2D eigenvalue weighted by atomic mass is 10.3. The Labute approximate surface area is 152 Å². The maximum absolute atomic E-state index is 12.9. The third kappa shape index (κ3) is 4.88. The van der Waals surface area contributed by atoms with E-state index < -0.39 is 35.2 Å². The van der Waals surface area contributed by atoms with Gasteiger partial charge in [-0.1, -0.05) is 18.2 Å². The van der Waals surface area contributed by atoms with E-state index in [0.717, 1.165) is 15.6 Å². The third-order valence-corrected chi connectivity index (χ3v) is 6.30. The number of halogens is 3. The maximum atomic E-state index is 12.9. The first-order valence-electron chi connectivity index (χ1n) is 7.18. The molecule has 0 unspecified atom stereocenters. The highest BCUT2D eigenvalue weighted by Crippen LogP contribution is 2.33. The number of nitrogens with one attached hydrogen (secondary N) is 1. The molecule has 0 aliphatic carbocycles. The van der Waals surface area contributed by atoms with Crippen molar-refractivity contribution in [3.63, 3.8) is 0 Å². The standard InChI is InChI=1S/C15H15F3N2O4S2/c1-24-12-6-3-2-5-11(12)20(9-13(21)19-10-15(16,17)18)26(22,23)14-7-4-8-25-14/h2-8H,9-10H2,1H3,(H,19,21). The molecule has 1 heterocycles. The van der Waals surface area contributed by atoms with E-state index in [1.54, 1.807) is 11.4 Å². The first kappa shape index (κ1) is 20.0. The fourth-order valence-corrected chi connectivity index (χ4v) is 4.58. The van der Waals surface area contributed by atoms with Crippen molar-refractivity contribution in [1.29, 1.82) is 0 Å². The monoisotopic (exact) mass is 408 g/mol. The summed E-state index contributed by atoms with van der Waals surface area (Å²) in [5, 5.41) is 3.21. The molecule has 11 heteroatoms. The van der Waals surface area contributed by atoms with Crippen molar-refractivity contribution in [3.05, 3.63) is 41.8 Å². The van der Waals surface area contributed by atoms with Crippen molar-refractivity contribution < 1.29 is 31.1 Å². The number of rotatable bonds is 7. The van der Waals surface area contributed by atoms with Crippen LogP contribution >= 0.6 is 11.3 Å². The second kappa shape index (κ2) is 7.96. The number of nitrogens with zero attached hydrogens (tertiary/aromatic N) is 1. The Balaban J connectivity index is 2.38. The SMILES string of the molecule is COc1ccccc1N(CC(=O)NCC(F)(F)F)S(=O)(=O)c1cccs1. The Morgan fingerprint density at radius 2 is 1.92 bits per heavy atom. The number of benzene rings is 1. The van der Waals surface area contributed by atoms with Crippen molar-refractivity contribution in [3.8, 4) is 5.75 Å². The molecular weight excluding hydrogens is 393 g/mol. The third-order valence-electron chi connectivity index (χ3n) is 3.17. The molecule has 0 bridgehead atoms. The molecule has 142 valence electrons. The number of amides is 1. The fraction of sp³-hybridized carbons (Fsp3) is 0.267. The summed E-state index contributed by atoms with van der Waals surface area (Å²) in [4.78, 5) is 11.9. The van der Waals surface area contributed by atoms with Gasteiger partial charge in [0.05, 0.1) is 12.8 Å². The minimum absolute atomic E-state index is 0.0468. The molecule has 0 aliphatic heterocycles. The molecule has 0 fully saturated rings. The molecule has 2 rings (SSSR count). The summed E-state index contributed by atoms with van der Waals surface area (Å²) < 4.78 is 68.4. The Morgan fingerprint density at radius 3 is 2.50 bits per heavy atom. The molecule has 26 heavy (non-hydrogen) atoms. The van der Waals surface area contributed by atoms with Crippen LogP contribution in [0.15, 0.2) is 46.0 Å². The number of carbonyl (C=O) groups is 1. The van der Waals surface area contributed by atoms with E-state index in [4.69, 9.17) is 4.74 Å². The molecule has 1 aromatic carbocycles. The van der Waals surface area contributed by atoms with Crippen LogP contribution in [0.4, 0.5) is 18.9 Å². The lowest BCUT2D eigenvalue weighted by molar-refractivity contribution is -0.137. The molecule has 2 aromatic rings. The van der Waals surface area contributed by atoms with Crippen LogP contribution in [-0.2, 0) is 14.8 Å². The molecule has 1 aromatic heterocycles. The van der Waals surface area contributed by atoms with Crippen molar-refractivity contribution in [2.75, 3.05) is 24.5 Å². The Hall–Kier alpha value is -2.27. The average molecular weight is 408 g/mol. The Bertz CT molecular complexity index is 852. The van der Waals surface area contributed by atoms with E-state index in [-0.39, 0.29) is 15.6 Å². The summed E-state index contributed by atoms with van der Waals surface area (Å²) in [6, 6.07) is 8.88. The molecule has 0 spiro atoms. The summed E-state index contributed by atoms with van der Waals surface area (Å²) in [5.41, 5.74) is 0.0468. The van der Waals surface area contributed by atoms with Gasteiger partial charge in [0.2, 0.25) is 5.91 Å². The number of carbonyl (C=O) groups excluding carboxylic acids is 1. The Morgan fingerprint density at radius 1 is 1.23 bits per heavy atom. The van der Waals surface area contributed by atoms with Gasteiger partial charge >= 0.3 is 6.18 Å². The van der Waals surface area contributed by atoms with Gasteiger partial charge in [-0.2, -0.15) is 13.2 Å². The molecular formula is C15H15F3N2O4S2. The van der Waals surface area contributed by atoms with Crippen molar-refractivity contribution in [2.45, 2.75) is 10.4 Å². The minimum atomic E-state index is -4.60. The number of hydrogen-bond acceptors (Lipinski definition) is 5. The van der Waals surface area contributed by atoms with Crippen LogP contribution in [0.5, 0.6) is 5.75 Å². The first-order chi connectivity index (χ1) is 12.1. The van der Waals surface area contributed by atoms with Crippen LogP contribution in [0.2, 0.25) is 0 Å². The molecule has 1 N–H and O–H groups in total. The lowest BCUT2D eigenvalue weighted by Gasteiger charge is -2.25. The van der Waals surface area contributed by atoms with Gasteiger partial charge in [0.1, 0.15) is 23.0 Å². The van der Waals surface area contributed by atoms with Crippen LogP contribution in [0.1, 0.15) is 0 Å². The van der Waals surface area contributed by atoms with E-state index in [1.165, 1.54) is 42.8 Å². The highest BCUT2D eigenvalue weighted by molar-refractivity contribution is 7.94. The summed E-state index contributed by atoms with van der Waals surface area (Å²) in [5.74, 6) is -0.926. The van der Waals surface area contributed by atoms with E-state index in [1.807, 2.05) is 0 Å². The van der Waals surface area contributed by atoms with Gasteiger partial charge < -0.3 is 10.1 Å². The molecule has 0 aliphatic rings. The highest BCUT2D eigenvalue weighted by Gasteiger charge is 2.32. The van der Waals surface area contributed by atoms with Gasteiger partial charge in [0, 0.05) is 0 Å². The van der Waals surface area contributed by atoms with E-state index in [0.29, 0.717) is 0 Å². The Kier molecular flexibility index (Phi) is 6.13. The van der Waals surface area contributed by atoms with Gasteiger partial charge in [-0.3, -0.25) is 9.10 Å². The zero-order valence-electron chi connectivity index (χ0n) is 13.5. The van der Waals surface area contributed by atoms with Gasteiger partial charge in [0.15, 0.2) is 0 Å². The molecule has 0 atom stereocenters. The van der Waals surface area contributed by atoms with Crippen molar-refractivity contribution in [1.82, 2.24) is 5.32 Å². The predicted molar refractivity (Wildman–Crippen MR) is 90.9 cm³/mol. The predicted octanol–water partition coefficient (Wildman–Crippen LogP) is 2.63. The van der Waals surface area contributed by atoms with Crippen LogP contribution in [0, 0.1) is 0 Å². The van der Waals surface area contributed by atoms with Crippen molar-refractivity contribution >= 4 is 33.0 Å². The second-order valence-electron chi connectivity index (χ2n) is 5.01. The molecule has 0 radical (unpaired) electrons. The summed E-state index contributed by atoms with van der Waals surface area (Å²) in [6.07, 6.45) is -4.60. The number of para-hydroxylation sites is 2. The number of alkyl halides is 3. The topological polar surface area (TPSA) is 75.7 Å². The zero-order valence-corrected chi connectivity index (χ0v) is 15.1. The smallest absolute Gasteiger partial charge is 0.405 e. The molecule has 1 amide bonds. The van der Waals surface area contributed by atoms with Gasteiger partial charge in [0.25, 0.3) is 10.0 Å². The van der Waals surface area contributed by atoms with E-state index in [9.17, 15) is 26.4 Å². The number of methoxy groups -OCH3 is 1. The molecule has 6 nitrogen and oxygen atoms in total. The second-order valence-corrected chi connectivity index (χ2v) is 8.04. The summed E-state index contributed by atoms with van der Waals surface area (Å²) in [6.45, 7) is -2.37. The van der Waals surface area contributed by atoms with Crippen LogP contribution in [0.25, 0.3) is 0 Å². The van der Waals surface area contributed by atoms with Gasteiger partial charge in [-0.15, -0.1) is 11.3 Å². The lowest BCUT2D eigenvalue weighted by Crippen LogP contribution is -2.43. The number of ether oxygens (including phenoxy) is 1. The summed E-state index contributed by atoms with van der Waals surface area (Å²) in [7, 11) is -2.84. The van der Waals surface area contributed by atoms with E-state index >= 15 is 0 Å². The molecule has 0 saturated heterocycles. The summed E-state index contributed by atoms with van der Waals surface area (Å²) >= 11 is 0.929. The number of thiophene rings is 1. The normalized spacial score (nSPS) is 11.8. The largest absolute Gasteiger partial charge is 0.495 e. The van der Waals surface area contributed by atoms with Crippen LogP contribution < -0.4 is 14.4 Å². The zero-order chi connectivity index (χ0) is 19.4. The first-order valence-corrected chi connectivity index (χ1v) is 9.50. The average Bonchev–Trinajstić information content (AvgIpc) is 3.12. The molecule has 0 saturated carbocycles. The number of anilines is 1. The maximum Gasteiger partial charge on any atom is 0.405 e. The van der Waals surface area contributed by atoms with E-state index in [2.05, 4.69) is 0 Å². The fourth-order valence-electron chi connectivity index (χ4n) is 2.04. The van der Waals surface area contributed by atoms with Crippen LogP contribution in [-0.4, -0.2) is 40.7 Å². The number of sulfonamides is 1. The minimum Gasteiger partial charge on any atom is -0.495 e. The number of hydrogen-bond donors (Lipinski definition) is 1. The van der Waals surface area contributed by atoms with Gasteiger partial charge in [-0.25, -0.2) is 8.42 Å². The highest BCUT2D eigenvalue weighted by atomic mass is 32.2. The quantitative estimate of drug-likeness (QED) is 0.764. The van der Waals surface area contributed by atoms with Gasteiger partial charge in [-0.05, 0) is 23.6 Å². The van der Waals surface area contributed by atoms with Crippen molar-refractivity contribution in [2.24, 2.45) is 0 Å².